The van der Waals surface area contributed by atoms with Gasteiger partial charge in [0.25, 0.3) is 0 Å². The van der Waals surface area contributed by atoms with Crippen molar-refractivity contribution in [3.05, 3.63) is 33.0 Å². The van der Waals surface area contributed by atoms with Crippen LogP contribution in [-0.4, -0.2) is 4.57 Å². The second-order valence-corrected chi connectivity index (χ2v) is 4.06. The molecule has 0 fully saturated rings. The number of fused-ring (bicyclic) bond motifs is 1. The van der Waals surface area contributed by atoms with Crippen molar-refractivity contribution in [2.45, 2.75) is 13.0 Å². The van der Waals surface area contributed by atoms with Crippen LogP contribution in [0.4, 0.5) is 4.39 Å². The zero-order chi connectivity index (χ0) is 11.7. The zero-order valence-corrected chi connectivity index (χ0v) is 9.75. The molecule has 1 heterocycles. The molecule has 0 saturated heterocycles. The first-order valence-electron chi connectivity index (χ1n) is 4.55. The van der Waals surface area contributed by atoms with Crippen LogP contribution in [0, 0.1) is 18.2 Å². The lowest BCUT2D eigenvalue weighted by molar-refractivity contribution is 0.506. The van der Waals surface area contributed by atoms with Gasteiger partial charge in [-0.25, -0.2) is 9.18 Å². The number of halogens is 2. The van der Waals surface area contributed by atoms with Gasteiger partial charge in [0, 0.05) is 19.0 Å². The third-order valence-corrected chi connectivity index (χ3v) is 2.80. The lowest BCUT2D eigenvalue weighted by Gasteiger charge is -1.99. The topological polar surface area (TPSA) is 35.1 Å². The second kappa shape index (κ2) is 4.14. The lowest BCUT2D eigenvalue weighted by atomic mass is 10.3. The Labute approximate surface area is 99.0 Å². The molecule has 2 aromatic rings. The molecule has 1 aromatic carbocycles. The summed E-state index contributed by atoms with van der Waals surface area (Å²) in [5, 5.41) is 0. The first kappa shape index (κ1) is 11.0. The summed E-state index contributed by atoms with van der Waals surface area (Å²) < 4.78 is 19.8. The van der Waals surface area contributed by atoms with Crippen LogP contribution in [0.25, 0.3) is 11.1 Å². The number of oxazole rings is 1. The zero-order valence-electron chi connectivity index (χ0n) is 8.17. The number of terminal acetylenes is 1. The van der Waals surface area contributed by atoms with Gasteiger partial charge in [-0.15, -0.1) is 12.3 Å². The van der Waals surface area contributed by atoms with Gasteiger partial charge in [-0.05, 0) is 22.0 Å². The highest BCUT2D eigenvalue weighted by Gasteiger charge is 2.11. The van der Waals surface area contributed by atoms with Gasteiger partial charge in [-0.1, -0.05) is 0 Å². The van der Waals surface area contributed by atoms with Crippen LogP contribution >= 0.6 is 15.9 Å². The summed E-state index contributed by atoms with van der Waals surface area (Å²) in [7, 11) is 0. The maximum Gasteiger partial charge on any atom is 0.419 e. The summed E-state index contributed by atoms with van der Waals surface area (Å²) in [6.07, 6.45) is 5.55. The molecule has 16 heavy (non-hydrogen) atoms. The third-order valence-electron chi connectivity index (χ3n) is 2.19. The Kier molecular flexibility index (Phi) is 2.84. The molecule has 0 aliphatic carbocycles. The molecule has 0 saturated carbocycles. The van der Waals surface area contributed by atoms with Crippen molar-refractivity contribution in [1.29, 1.82) is 0 Å². The minimum atomic E-state index is -0.525. The normalized spacial score (nSPS) is 10.6. The number of nitrogens with zero attached hydrogens (tertiary/aromatic N) is 1. The number of hydrogen-bond donors (Lipinski definition) is 0. The molecule has 0 unspecified atom stereocenters. The van der Waals surface area contributed by atoms with Crippen molar-refractivity contribution < 1.29 is 8.81 Å². The molecule has 0 aliphatic heterocycles. The number of rotatable bonds is 2. The molecular formula is C11H7BrFNO2. The van der Waals surface area contributed by atoms with Crippen LogP contribution in [0.2, 0.25) is 0 Å². The molecule has 2 rings (SSSR count). The van der Waals surface area contributed by atoms with E-state index in [2.05, 4.69) is 21.9 Å². The Morgan fingerprint density at radius 2 is 2.31 bits per heavy atom. The fraction of sp³-hybridized carbons (Fsp3) is 0.182. The average Bonchev–Trinajstić information content (AvgIpc) is 2.52. The predicted octanol–water partition coefficient (Wildman–Crippen LogP) is 2.52. The van der Waals surface area contributed by atoms with E-state index in [1.807, 2.05) is 0 Å². The largest absolute Gasteiger partial charge is 0.419 e. The fourth-order valence-electron chi connectivity index (χ4n) is 1.45. The summed E-state index contributed by atoms with van der Waals surface area (Å²) in [6, 6.07) is 2.68. The Hall–Kier alpha value is -1.54. The molecule has 0 aliphatic rings. The maximum atomic E-state index is 13.2. The molecule has 0 radical (unpaired) electrons. The molecule has 0 spiro atoms. The molecule has 0 bridgehead atoms. The van der Waals surface area contributed by atoms with Crippen molar-refractivity contribution in [3.63, 3.8) is 0 Å². The van der Waals surface area contributed by atoms with E-state index in [0.717, 1.165) is 0 Å². The molecule has 0 amide bonds. The van der Waals surface area contributed by atoms with E-state index < -0.39 is 11.6 Å². The number of aryl methyl sites for hydroxylation is 1. The Morgan fingerprint density at radius 1 is 1.56 bits per heavy atom. The van der Waals surface area contributed by atoms with Gasteiger partial charge < -0.3 is 4.42 Å². The van der Waals surface area contributed by atoms with Gasteiger partial charge in [0.15, 0.2) is 5.58 Å². The highest BCUT2D eigenvalue weighted by molar-refractivity contribution is 9.10. The predicted molar refractivity (Wildman–Crippen MR) is 61.6 cm³/mol. The van der Waals surface area contributed by atoms with E-state index in [9.17, 15) is 9.18 Å². The highest BCUT2D eigenvalue weighted by atomic mass is 79.9. The third kappa shape index (κ3) is 1.76. The van der Waals surface area contributed by atoms with Crippen LogP contribution in [0.1, 0.15) is 6.42 Å². The highest BCUT2D eigenvalue weighted by Crippen LogP contribution is 2.22. The van der Waals surface area contributed by atoms with Crippen LogP contribution in [-0.2, 0) is 6.54 Å². The quantitative estimate of drug-likeness (QED) is 0.794. The molecule has 82 valence electrons. The van der Waals surface area contributed by atoms with Crippen LogP contribution in [0.15, 0.2) is 25.8 Å². The number of hydrogen-bond acceptors (Lipinski definition) is 2. The molecule has 1 aromatic heterocycles. The Morgan fingerprint density at radius 3 is 3.00 bits per heavy atom. The van der Waals surface area contributed by atoms with Gasteiger partial charge in [0.2, 0.25) is 0 Å². The van der Waals surface area contributed by atoms with Crippen LogP contribution in [0.3, 0.4) is 0 Å². The van der Waals surface area contributed by atoms with Crippen molar-refractivity contribution in [2.24, 2.45) is 0 Å². The number of aromatic nitrogens is 1. The minimum absolute atomic E-state index is 0.225. The molecule has 3 nitrogen and oxygen atoms in total. The summed E-state index contributed by atoms with van der Waals surface area (Å²) >= 11 is 3.06. The van der Waals surface area contributed by atoms with Crippen molar-refractivity contribution in [1.82, 2.24) is 4.57 Å². The summed E-state index contributed by atoms with van der Waals surface area (Å²) in [5.74, 6) is 1.44. The fourth-order valence-corrected chi connectivity index (χ4v) is 1.78. The number of benzene rings is 1. The first-order chi connectivity index (χ1) is 7.63. The Bertz CT molecular complexity index is 636. The molecule has 0 N–H and O–H groups in total. The maximum absolute atomic E-state index is 13.2. The Balaban J connectivity index is 2.65. The summed E-state index contributed by atoms with van der Waals surface area (Å²) in [6.45, 7) is 0.362. The first-order valence-corrected chi connectivity index (χ1v) is 5.34. The van der Waals surface area contributed by atoms with E-state index in [4.69, 9.17) is 10.8 Å². The summed E-state index contributed by atoms with van der Waals surface area (Å²) in [5.41, 5.74) is 0.760. The van der Waals surface area contributed by atoms with Crippen molar-refractivity contribution in [2.75, 3.05) is 0 Å². The lowest BCUT2D eigenvalue weighted by Crippen LogP contribution is -2.13. The van der Waals surface area contributed by atoms with E-state index in [1.54, 1.807) is 0 Å². The minimum Gasteiger partial charge on any atom is -0.408 e. The van der Waals surface area contributed by atoms with E-state index in [1.165, 1.54) is 16.7 Å². The monoisotopic (exact) mass is 283 g/mol. The summed E-state index contributed by atoms with van der Waals surface area (Å²) in [4.78, 5) is 11.5. The standard InChI is InChI=1S/C11H7BrFNO2/c1-2-3-4-14-9-5-7(12)8(13)6-10(9)16-11(14)15/h1,5-6H,3-4H2. The molecule has 0 atom stereocenters. The van der Waals surface area contributed by atoms with E-state index in [-0.39, 0.29) is 10.1 Å². The van der Waals surface area contributed by atoms with E-state index >= 15 is 0 Å². The van der Waals surface area contributed by atoms with Gasteiger partial charge in [-0.2, -0.15) is 0 Å². The second-order valence-electron chi connectivity index (χ2n) is 3.21. The van der Waals surface area contributed by atoms with Crippen molar-refractivity contribution >= 4 is 27.0 Å². The van der Waals surface area contributed by atoms with Crippen LogP contribution < -0.4 is 5.76 Å². The van der Waals surface area contributed by atoms with Gasteiger partial charge >= 0.3 is 5.76 Å². The molecule has 5 heteroatoms. The smallest absolute Gasteiger partial charge is 0.408 e. The van der Waals surface area contributed by atoms with Crippen LogP contribution in [0.5, 0.6) is 0 Å². The average molecular weight is 284 g/mol. The van der Waals surface area contributed by atoms with Gasteiger partial charge in [0.1, 0.15) is 5.82 Å². The SMILES string of the molecule is C#CCCn1c(=O)oc2cc(F)c(Br)cc21. The molecular weight excluding hydrogens is 277 g/mol. The van der Waals surface area contributed by atoms with Gasteiger partial charge in [-0.3, -0.25) is 4.57 Å². The van der Waals surface area contributed by atoms with E-state index in [0.29, 0.717) is 18.5 Å². The van der Waals surface area contributed by atoms with Crippen molar-refractivity contribution in [3.8, 4) is 12.3 Å². The van der Waals surface area contributed by atoms with Gasteiger partial charge in [0.05, 0.1) is 9.99 Å².